The molecule has 0 unspecified atom stereocenters. The standard InChI is InChI=1S/C18H23FN2O2/c19-13-6-4-12(5-7-13)9-21-10-15-8-16(17(11-21)23-15)18(22)20-14-2-1-3-14/h4-7,14-17H,1-3,8-11H2,(H,20,22)/t15-,16-,17+/m0/s1. The molecule has 1 N–H and O–H groups in total. The number of nitrogens with zero attached hydrogens (tertiary/aromatic N) is 1. The maximum atomic E-state index is 13.0. The number of carbonyl (C=O) groups excluding carboxylic acids is 1. The first kappa shape index (κ1) is 15.1. The molecule has 1 aliphatic carbocycles. The molecule has 0 spiro atoms. The highest BCUT2D eigenvalue weighted by Gasteiger charge is 2.45. The second-order valence-corrected chi connectivity index (χ2v) is 7.10. The third-order valence-electron chi connectivity index (χ3n) is 5.34. The van der Waals surface area contributed by atoms with Crippen LogP contribution in [0.15, 0.2) is 24.3 Å². The van der Waals surface area contributed by atoms with Gasteiger partial charge in [-0.2, -0.15) is 0 Å². The molecule has 2 aliphatic heterocycles. The first-order valence-electron chi connectivity index (χ1n) is 8.60. The van der Waals surface area contributed by atoms with Crippen molar-refractivity contribution in [1.82, 2.24) is 10.2 Å². The van der Waals surface area contributed by atoms with E-state index in [1.54, 1.807) is 0 Å². The molecule has 2 saturated heterocycles. The molecule has 23 heavy (non-hydrogen) atoms. The Hall–Kier alpha value is -1.46. The van der Waals surface area contributed by atoms with E-state index in [0.29, 0.717) is 6.04 Å². The maximum absolute atomic E-state index is 13.0. The highest BCUT2D eigenvalue weighted by Crippen LogP contribution is 2.33. The van der Waals surface area contributed by atoms with Crippen molar-refractivity contribution in [3.63, 3.8) is 0 Å². The number of ether oxygens (including phenoxy) is 1. The molecule has 1 aromatic carbocycles. The van der Waals surface area contributed by atoms with E-state index in [1.165, 1.54) is 18.6 Å². The van der Waals surface area contributed by atoms with Crippen LogP contribution in [-0.4, -0.2) is 42.1 Å². The van der Waals surface area contributed by atoms with Crippen LogP contribution >= 0.6 is 0 Å². The van der Waals surface area contributed by atoms with Crippen molar-refractivity contribution >= 4 is 5.91 Å². The Labute approximate surface area is 136 Å². The molecule has 1 amide bonds. The predicted molar refractivity (Wildman–Crippen MR) is 84.2 cm³/mol. The highest BCUT2D eigenvalue weighted by molar-refractivity contribution is 5.80. The number of amides is 1. The molecule has 4 nitrogen and oxygen atoms in total. The fourth-order valence-corrected chi connectivity index (χ4v) is 3.85. The van der Waals surface area contributed by atoms with Crippen LogP contribution in [0.2, 0.25) is 0 Å². The molecule has 3 aliphatic rings. The van der Waals surface area contributed by atoms with Gasteiger partial charge in [0.15, 0.2) is 0 Å². The van der Waals surface area contributed by atoms with Crippen molar-refractivity contribution < 1.29 is 13.9 Å². The van der Waals surface area contributed by atoms with Gasteiger partial charge < -0.3 is 10.1 Å². The summed E-state index contributed by atoms with van der Waals surface area (Å²) >= 11 is 0. The summed E-state index contributed by atoms with van der Waals surface area (Å²) in [6.45, 7) is 2.41. The number of nitrogens with one attached hydrogen (secondary N) is 1. The molecule has 5 heteroatoms. The minimum absolute atomic E-state index is 0.00530. The van der Waals surface area contributed by atoms with Crippen molar-refractivity contribution in [1.29, 1.82) is 0 Å². The van der Waals surface area contributed by atoms with Crippen molar-refractivity contribution in [2.45, 2.75) is 50.5 Å². The van der Waals surface area contributed by atoms with Gasteiger partial charge in [-0.3, -0.25) is 9.69 Å². The largest absolute Gasteiger partial charge is 0.371 e. The van der Waals surface area contributed by atoms with Crippen LogP contribution in [0, 0.1) is 11.7 Å². The average molecular weight is 318 g/mol. The van der Waals surface area contributed by atoms with E-state index in [-0.39, 0.29) is 29.9 Å². The smallest absolute Gasteiger partial charge is 0.226 e. The zero-order chi connectivity index (χ0) is 15.8. The van der Waals surface area contributed by atoms with Crippen molar-refractivity contribution in [3.05, 3.63) is 35.6 Å². The lowest BCUT2D eigenvalue weighted by Gasteiger charge is -2.33. The Morgan fingerprint density at radius 1 is 1.26 bits per heavy atom. The zero-order valence-electron chi connectivity index (χ0n) is 13.2. The fraction of sp³-hybridized carbons (Fsp3) is 0.611. The number of halogens is 1. The van der Waals surface area contributed by atoms with Crippen molar-refractivity contribution in [2.75, 3.05) is 13.1 Å². The number of likely N-dealkylation sites (tertiary alicyclic amines) is 1. The molecule has 124 valence electrons. The van der Waals surface area contributed by atoms with Crippen LogP contribution in [0.5, 0.6) is 0 Å². The molecule has 3 atom stereocenters. The second-order valence-electron chi connectivity index (χ2n) is 7.10. The summed E-state index contributed by atoms with van der Waals surface area (Å²) in [5.41, 5.74) is 1.10. The van der Waals surface area contributed by atoms with Gasteiger partial charge in [0.2, 0.25) is 5.91 Å². The zero-order valence-corrected chi connectivity index (χ0v) is 13.2. The van der Waals surface area contributed by atoms with Crippen molar-refractivity contribution in [2.24, 2.45) is 5.92 Å². The minimum Gasteiger partial charge on any atom is -0.371 e. The van der Waals surface area contributed by atoms with Gasteiger partial charge in [0, 0.05) is 25.7 Å². The van der Waals surface area contributed by atoms with Gasteiger partial charge in [0.25, 0.3) is 0 Å². The van der Waals surface area contributed by atoms with Crippen molar-refractivity contribution in [3.8, 4) is 0 Å². The monoisotopic (exact) mass is 318 g/mol. The topological polar surface area (TPSA) is 41.6 Å². The van der Waals surface area contributed by atoms with Gasteiger partial charge in [0.1, 0.15) is 5.82 Å². The number of fused-ring (bicyclic) bond motifs is 2. The Bertz CT molecular complexity index is 573. The molecule has 2 heterocycles. The molecule has 4 rings (SSSR count). The highest BCUT2D eigenvalue weighted by atomic mass is 19.1. The number of hydrogen-bond acceptors (Lipinski definition) is 3. The summed E-state index contributed by atoms with van der Waals surface area (Å²) in [6, 6.07) is 7.04. The number of benzene rings is 1. The predicted octanol–water partition coefficient (Wildman–Crippen LogP) is 2.08. The van der Waals surface area contributed by atoms with Gasteiger partial charge in [-0.1, -0.05) is 12.1 Å². The second kappa shape index (κ2) is 6.21. The molecule has 0 radical (unpaired) electrons. The van der Waals surface area contributed by atoms with Crippen LogP contribution in [0.1, 0.15) is 31.2 Å². The van der Waals surface area contributed by atoms with Gasteiger partial charge in [-0.05, 0) is 43.4 Å². The molecule has 1 saturated carbocycles. The van der Waals surface area contributed by atoms with E-state index in [4.69, 9.17) is 4.74 Å². The molecular weight excluding hydrogens is 295 g/mol. The molecule has 0 aromatic heterocycles. The Morgan fingerprint density at radius 3 is 2.74 bits per heavy atom. The van der Waals surface area contributed by atoms with Gasteiger partial charge in [0.05, 0.1) is 18.1 Å². The number of hydrogen-bond donors (Lipinski definition) is 1. The molecule has 2 bridgehead atoms. The summed E-state index contributed by atoms with van der Waals surface area (Å²) in [4.78, 5) is 14.8. The van der Waals surface area contributed by atoms with E-state index < -0.39 is 0 Å². The SMILES string of the molecule is O=C(NC1CCC1)[C@H]1C[C@H]2CN(Cc3ccc(F)cc3)C[C@H]1O2. The minimum atomic E-state index is -0.205. The quantitative estimate of drug-likeness (QED) is 0.924. The third-order valence-corrected chi connectivity index (χ3v) is 5.34. The molecule has 1 aromatic rings. The number of carbonyl (C=O) groups is 1. The lowest BCUT2D eigenvalue weighted by molar-refractivity contribution is -0.129. The van der Waals surface area contributed by atoms with E-state index >= 15 is 0 Å². The first-order chi connectivity index (χ1) is 11.2. The van der Waals surface area contributed by atoms with E-state index in [0.717, 1.165) is 44.5 Å². The lowest BCUT2D eigenvalue weighted by atomic mass is 9.91. The van der Waals surface area contributed by atoms with Gasteiger partial charge >= 0.3 is 0 Å². The summed E-state index contributed by atoms with van der Waals surface area (Å²) in [7, 11) is 0. The van der Waals surface area contributed by atoms with Crippen LogP contribution in [0.25, 0.3) is 0 Å². The summed E-state index contributed by atoms with van der Waals surface area (Å²) in [5, 5.41) is 3.16. The van der Waals surface area contributed by atoms with E-state index in [1.807, 2.05) is 12.1 Å². The summed E-state index contributed by atoms with van der Waals surface area (Å²) < 4.78 is 19.0. The van der Waals surface area contributed by atoms with Crippen LogP contribution in [0.4, 0.5) is 4.39 Å². The Morgan fingerprint density at radius 2 is 2.04 bits per heavy atom. The van der Waals surface area contributed by atoms with Crippen LogP contribution in [-0.2, 0) is 16.1 Å². The Kier molecular flexibility index (Phi) is 4.07. The number of morpholine rings is 1. The molecular formula is C18H23FN2O2. The fourth-order valence-electron chi connectivity index (χ4n) is 3.85. The third kappa shape index (κ3) is 3.26. The Balaban J connectivity index is 1.35. The van der Waals surface area contributed by atoms with E-state index in [9.17, 15) is 9.18 Å². The van der Waals surface area contributed by atoms with Gasteiger partial charge in [-0.15, -0.1) is 0 Å². The lowest BCUT2D eigenvalue weighted by Crippen LogP contribution is -2.47. The summed E-state index contributed by atoms with van der Waals surface area (Å²) in [5.74, 6) is -0.0480. The van der Waals surface area contributed by atoms with Crippen LogP contribution < -0.4 is 5.32 Å². The van der Waals surface area contributed by atoms with Gasteiger partial charge in [-0.25, -0.2) is 4.39 Å². The van der Waals surface area contributed by atoms with Crippen LogP contribution in [0.3, 0.4) is 0 Å². The average Bonchev–Trinajstić information content (AvgIpc) is 2.80. The summed E-state index contributed by atoms with van der Waals surface area (Å²) in [6.07, 6.45) is 4.42. The maximum Gasteiger partial charge on any atom is 0.226 e. The first-order valence-corrected chi connectivity index (χ1v) is 8.60. The normalized spacial score (nSPS) is 30.9. The van der Waals surface area contributed by atoms with E-state index in [2.05, 4.69) is 10.2 Å². The number of rotatable bonds is 4. The molecule has 3 fully saturated rings.